The van der Waals surface area contributed by atoms with E-state index in [1.807, 2.05) is 0 Å². The van der Waals surface area contributed by atoms with Crippen molar-refractivity contribution in [2.24, 2.45) is 0 Å². The van der Waals surface area contributed by atoms with Crippen LogP contribution in [0.5, 0.6) is 0 Å². The molecule has 0 atom stereocenters. The predicted molar refractivity (Wildman–Crippen MR) is 79.6 cm³/mol. The van der Waals surface area contributed by atoms with Gasteiger partial charge < -0.3 is 9.47 Å². The van der Waals surface area contributed by atoms with E-state index in [1.165, 1.54) is 44.9 Å². The number of hydrogen-bond acceptors (Lipinski definition) is 2. The maximum atomic E-state index is 5.60. The van der Waals surface area contributed by atoms with Gasteiger partial charge in [0.05, 0.1) is 13.2 Å². The Kier molecular flexibility index (Phi) is 17.4. The first-order chi connectivity index (χ1) is 8.91. The standard InChI is InChI=1S/C15H31ClO2/c1-2-3-4-6-9-12-17-14-15-18-13-10-7-5-8-11-16/h2-15H2,1H3. The molecule has 0 aliphatic heterocycles. The normalized spacial score (nSPS) is 11.0. The molecule has 110 valence electrons. The summed E-state index contributed by atoms with van der Waals surface area (Å²) in [5, 5.41) is 0. The quantitative estimate of drug-likeness (QED) is 0.317. The van der Waals surface area contributed by atoms with Crippen molar-refractivity contribution in [1.29, 1.82) is 0 Å². The zero-order chi connectivity index (χ0) is 13.3. The second-order valence-corrected chi connectivity index (χ2v) is 5.12. The van der Waals surface area contributed by atoms with Crippen LogP contribution in [0.4, 0.5) is 0 Å². The number of halogens is 1. The molecule has 0 fully saturated rings. The summed E-state index contributed by atoms with van der Waals surface area (Å²) in [6.07, 6.45) is 11.2. The third-order valence-corrected chi connectivity index (χ3v) is 3.20. The Morgan fingerprint density at radius 3 is 1.61 bits per heavy atom. The van der Waals surface area contributed by atoms with Crippen LogP contribution in [0.15, 0.2) is 0 Å². The number of alkyl halides is 1. The van der Waals surface area contributed by atoms with Crippen LogP contribution in [0.2, 0.25) is 0 Å². The molecule has 0 heterocycles. The number of unbranched alkanes of at least 4 members (excludes halogenated alkanes) is 7. The average Bonchev–Trinajstić information content (AvgIpc) is 2.39. The Hall–Kier alpha value is 0.210. The highest BCUT2D eigenvalue weighted by atomic mass is 35.5. The highest BCUT2D eigenvalue weighted by molar-refractivity contribution is 6.17. The Bertz CT molecular complexity index is 126. The van der Waals surface area contributed by atoms with Crippen LogP contribution >= 0.6 is 11.6 Å². The monoisotopic (exact) mass is 278 g/mol. The molecule has 0 spiro atoms. The predicted octanol–water partition coefficient (Wildman–Crippen LogP) is 4.79. The van der Waals surface area contributed by atoms with Gasteiger partial charge in [-0.05, 0) is 19.3 Å². The lowest BCUT2D eigenvalue weighted by atomic mass is 10.2. The Morgan fingerprint density at radius 2 is 1.11 bits per heavy atom. The Balaban J connectivity index is 2.86. The first-order valence-electron chi connectivity index (χ1n) is 7.63. The van der Waals surface area contributed by atoms with Crippen LogP contribution in [0.1, 0.15) is 64.7 Å². The van der Waals surface area contributed by atoms with Crippen molar-refractivity contribution in [3.63, 3.8) is 0 Å². The van der Waals surface area contributed by atoms with E-state index in [4.69, 9.17) is 21.1 Å². The molecule has 0 saturated carbocycles. The molecule has 0 saturated heterocycles. The largest absolute Gasteiger partial charge is 0.379 e. The van der Waals surface area contributed by atoms with Crippen molar-refractivity contribution >= 4 is 11.6 Å². The highest BCUT2D eigenvalue weighted by Gasteiger charge is 1.93. The molecule has 0 N–H and O–H groups in total. The van der Waals surface area contributed by atoms with Gasteiger partial charge in [0, 0.05) is 19.1 Å². The van der Waals surface area contributed by atoms with Crippen molar-refractivity contribution in [1.82, 2.24) is 0 Å². The van der Waals surface area contributed by atoms with Crippen LogP contribution in [0.25, 0.3) is 0 Å². The van der Waals surface area contributed by atoms with Gasteiger partial charge in [0.2, 0.25) is 0 Å². The van der Waals surface area contributed by atoms with Gasteiger partial charge in [0.1, 0.15) is 0 Å². The van der Waals surface area contributed by atoms with E-state index in [-0.39, 0.29) is 0 Å². The molecule has 0 aliphatic carbocycles. The van der Waals surface area contributed by atoms with Crippen LogP contribution in [-0.2, 0) is 9.47 Å². The molecule has 2 nitrogen and oxygen atoms in total. The molecule has 0 aromatic rings. The minimum absolute atomic E-state index is 0.741. The molecule has 3 heteroatoms. The van der Waals surface area contributed by atoms with E-state index >= 15 is 0 Å². The summed E-state index contributed by atoms with van der Waals surface area (Å²) in [6, 6.07) is 0. The Morgan fingerprint density at radius 1 is 0.611 bits per heavy atom. The summed E-state index contributed by atoms with van der Waals surface area (Å²) in [5.41, 5.74) is 0. The van der Waals surface area contributed by atoms with Gasteiger partial charge >= 0.3 is 0 Å². The molecule has 18 heavy (non-hydrogen) atoms. The maximum Gasteiger partial charge on any atom is 0.0700 e. The minimum Gasteiger partial charge on any atom is -0.379 e. The van der Waals surface area contributed by atoms with E-state index in [1.54, 1.807) is 0 Å². The van der Waals surface area contributed by atoms with E-state index in [0.29, 0.717) is 0 Å². The molecule has 0 radical (unpaired) electrons. The first-order valence-corrected chi connectivity index (χ1v) is 8.16. The Labute approximate surface area is 118 Å². The maximum absolute atomic E-state index is 5.60. The lowest BCUT2D eigenvalue weighted by molar-refractivity contribution is 0.0449. The van der Waals surface area contributed by atoms with Crippen molar-refractivity contribution in [3.05, 3.63) is 0 Å². The number of ether oxygens (including phenoxy) is 2. The summed E-state index contributed by atoms with van der Waals surface area (Å²) in [6.45, 7) is 5.48. The third-order valence-electron chi connectivity index (χ3n) is 2.94. The van der Waals surface area contributed by atoms with Gasteiger partial charge in [0.15, 0.2) is 0 Å². The fourth-order valence-corrected chi connectivity index (χ4v) is 1.97. The summed E-state index contributed by atoms with van der Waals surface area (Å²) in [7, 11) is 0. The van der Waals surface area contributed by atoms with Gasteiger partial charge in [-0.15, -0.1) is 11.6 Å². The number of rotatable bonds is 15. The van der Waals surface area contributed by atoms with Crippen LogP contribution in [-0.4, -0.2) is 32.3 Å². The number of hydrogen-bond donors (Lipinski definition) is 0. The van der Waals surface area contributed by atoms with E-state index in [2.05, 4.69) is 6.92 Å². The summed E-state index contributed by atoms with van der Waals surface area (Å²) in [5.74, 6) is 0.785. The van der Waals surface area contributed by atoms with Gasteiger partial charge in [0.25, 0.3) is 0 Å². The molecule has 0 unspecified atom stereocenters. The highest BCUT2D eigenvalue weighted by Crippen LogP contribution is 2.02. The van der Waals surface area contributed by atoms with Gasteiger partial charge in [-0.1, -0.05) is 45.4 Å². The molecule has 0 aromatic heterocycles. The van der Waals surface area contributed by atoms with E-state index < -0.39 is 0 Å². The lowest BCUT2D eigenvalue weighted by Crippen LogP contribution is -2.06. The van der Waals surface area contributed by atoms with Crippen LogP contribution < -0.4 is 0 Å². The SMILES string of the molecule is CCCCCCCOCCOCCCCCCCl. The van der Waals surface area contributed by atoms with Crippen molar-refractivity contribution < 1.29 is 9.47 Å². The van der Waals surface area contributed by atoms with E-state index in [9.17, 15) is 0 Å². The third kappa shape index (κ3) is 16.2. The fraction of sp³-hybridized carbons (Fsp3) is 1.00. The summed E-state index contributed by atoms with van der Waals surface area (Å²) in [4.78, 5) is 0. The van der Waals surface area contributed by atoms with Gasteiger partial charge in [-0.2, -0.15) is 0 Å². The van der Waals surface area contributed by atoms with Crippen LogP contribution in [0, 0.1) is 0 Å². The van der Waals surface area contributed by atoms with E-state index in [0.717, 1.165) is 45.1 Å². The molecule has 0 aliphatic rings. The molecule has 0 rings (SSSR count). The molecule has 0 aromatic carbocycles. The second kappa shape index (κ2) is 17.2. The summed E-state index contributed by atoms with van der Waals surface area (Å²) < 4.78 is 11.0. The van der Waals surface area contributed by atoms with Crippen molar-refractivity contribution in [3.8, 4) is 0 Å². The second-order valence-electron chi connectivity index (χ2n) is 4.74. The molecular weight excluding hydrogens is 248 g/mol. The zero-order valence-electron chi connectivity index (χ0n) is 12.1. The zero-order valence-corrected chi connectivity index (χ0v) is 12.8. The molecule has 0 amide bonds. The molecule has 0 bridgehead atoms. The van der Waals surface area contributed by atoms with Crippen molar-refractivity contribution in [2.45, 2.75) is 64.7 Å². The smallest absolute Gasteiger partial charge is 0.0700 e. The van der Waals surface area contributed by atoms with Gasteiger partial charge in [-0.3, -0.25) is 0 Å². The first kappa shape index (κ1) is 18.2. The van der Waals surface area contributed by atoms with Gasteiger partial charge in [-0.25, -0.2) is 0 Å². The molecular formula is C15H31ClO2. The van der Waals surface area contributed by atoms with Crippen molar-refractivity contribution in [2.75, 3.05) is 32.3 Å². The minimum atomic E-state index is 0.741. The fourth-order valence-electron chi connectivity index (χ4n) is 1.78. The topological polar surface area (TPSA) is 18.5 Å². The summed E-state index contributed by atoms with van der Waals surface area (Å²) >= 11 is 5.60. The van der Waals surface area contributed by atoms with Crippen LogP contribution in [0.3, 0.4) is 0 Å². The lowest BCUT2D eigenvalue weighted by Gasteiger charge is -2.05. The average molecular weight is 279 g/mol.